The Hall–Kier alpha value is -2.67. The van der Waals surface area contributed by atoms with E-state index in [0.717, 1.165) is 0 Å². The van der Waals surface area contributed by atoms with E-state index in [1.54, 1.807) is 40.1 Å². The van der Waals surface area contributed by atoms with E-state index < -0.39 is 0 Å². The smallest absolute Gasteiger partial charge is 0.322 e. The van der Waals surface area contributed by atoms with Crippen molar-refractivity contribution in [3.8, 4) is 5.75 Å². The van der Waals surface area contributed by atoms with Gasteiger partial charge in [-0.3, -0.25) is 4.79 Å². The number of furan rings is 1. The lowest BCUT2D eigenvalue weighted by Crippen LogP contribution is -2.51. The fourth-order valence-electron chi connectivity index (χ4n) is 2.64. The van der Waals surface area contributed by atoms with Crippen molar-refractivity contribution in [3.63, 3.8) is 0 Å². The molecular weight excluding hydrogens is 346 g/mol. The highest BCUT2D eigenvalue weighted by atomic mass is 35.5. The summed E-state index contributed by atoms with van der Waals surface area (Å²) >= 11 is 5.97. The molecule has 0 unspecified atom stereocenters. The van der Waals surface area contributed by atoms with Gasteiger partial charge < -0.3 is 24.3 Å². The van der Waals surface area contributed by atoms with Crippen molar-refractivity contribution in [2.45, 2.75) is 0 Å². The van der Waals surface area contributed by atoms with Gasteiger partial charge in [0.25, 0.3) is 5.91 Å². The highest BCUT2D eigenvalue weighted by molar-refractivity contribution is 6.31. The first-order valence-corrected chi connectivity index (χ1v) is 8.18. The Morgan fingerprint density at radius 1 is 1.16 bits per heavy atom. The zero-order chi connectivity index (χ0) is 17.8. The van der Waals surface area contributed by atoms with Crippen LogP contribution in [0, 0.1) is 0 Å². The number of hydrogen-bond acceptors (Lipinski definition) is 4. The topological polar surface area (TPSA) is 75.0 Å². The molecule has 1 N–H and O–H groups in total. The third-order valence-corrected chi connectivity index (χ3v) is 4.22. The van der Waals surface area contributed by atoms with Gasteiger partial charge in [-0.2, -0.15) is 0 Å². The third kappa shape index (κ3) is 3.88. The normalized spacial score (nSPS) is 14.3. The Labute approximate surface area is 150 Å². The van der Waals surface area contributed by atoms with Crippen LogP contribution in [0.1, 0.15) is 10.6 Å². The highest BCUT2D eigenvalue weighted by Crippen LogP contribution is 2.28. The first-order chi connectivity index (χ1) is 12.1. The number of ether oxygens (including phenoxy) is 1. The predicted octanol–water partition coefficient (Wildman–Crippen LogP) is 2.93. The van der Waals surface area contributed by atoms with Crippen LogP contribution in [0.4, 0.5) is 10.5 Å². The van der Waals surface area contributed by atoms with Crippen LogP contribution >= 0.6 is 11.6 Å². The number of anilines is 1. The van der Waals surface area contributed by atoms with E-state index in [9.17, 15) is 9.59 Å². The van der Waals surface area contributed by atoms with Gasteiger partial charge in [0.15, 0.2) is 5.76 Å². The molecule has 1 fully saturated rings. The van der Waals surface area contributed by atoms with Gasteiger partial charge in [0.05, 0.1) is 19.1 Å². The lowest BCUT2D eigenvalue weighted by molar-refractivity contribution is 0.0640. The molecule has 3 rings (SSSR count). The summed E-state index contributed by atoms with van der Waals surface area (Å²) in [4.78, 5) is 28.0. The number of hydrogen-bond donors (Lipinski definition) is 1. The molecular formula is C17H18ClN3O4. The van der Waals surface area contributed by atoms with Gasteiger partial charge in [0.1, 0.15) is 5.75 Å². The summed E-state index contributed by atoms with van der Waals surface area (Å²) in [7, 11) is 1.53. The average Bonchev–Trinajstić information content (AvgIpc) is 3.16. The second kappa shape index (κ2) is 7.48. The molecule has 0 radical (unpaired) electrons. The average molecular weight is 364 g/mol. The molecule has 1 aromatic heterocycles. The minimum Gasteiger partial charge on any atom is -0.495 e. The summed E-state index contributed by atoms with van der Waals surface area (Å²) < 4.78 is 10.4. The maximum Gasteiger partial charge on any atom is 0.322 e. The Morgan fingerprint density at radius 2 is 1.88 bits per heavy atom. The van der Waals surface area contributed by atoms with Crippen LogP contribution < -0.4 is 10.1 Å². The molecule has 1 aliphatic heterocycles. The second-order valence-electron chi connectivity index (χ2n) is 5.53. The van der Waals surface area contributed by atoms with Gasteiger partial charge in [-0.05, 0) is 30.3 Å². The molecule has 0 atom stereocenters. The van der Waals surface area contributed by atoms with Gasteiger partial charge in [-0.1, -0.05) is 11.6 Å². The first kappa shape index (κ1) is 17.2. The van der Waals surface area contributed by atoms with Crippen molar-refractivity contribution in [2.24, 2.45) is 0 Å². The fraction of sp³-hybridized carbons (Fsp3) is 0.294. The number of piperazine rings is 1. The molecule has 0 aliphatic carbocycles. The summed E-state index contributed by atoms with van der Waals surface area (Å²) in [5.74, 6) is 0.674. The van der Waals surface area contributed by atoms with Crippen LogP contribution in [-0.2, 0) is 0 Å². The molecule has 1 aromatic carbocycles. The summed E-state index contributed by atoms with van der Waals surface area (Å²) in [5, 5.41) is 3.30. The van der Waals surface area contributed by atoms with Crippen LogP contribution in [0.25, 0.3) is 0 Å². The number of urea groups is 1. The zero-order valence-corrected chi connectivity index (χ0v) is 14.5. The molecule has 2 aromatic rings. The highest BCUT2D eigenvalue weighted by Gasteiger charge is 2.26. The first-order valence-electron chi connectivity index (χ1n) is 7.80. The van der Waals surface area contributed by atoms with Crippen LogP contribution in [0.3, 0.4) is 0 Å². The lowest BCUT2D eigenvalue weighted by Gasteiger charge is -2.34. The molecule has 1 aliphatic rings. The van der Waals surface area contributed by atoms with Crippen LogP contribution in [0.2, 0.25) is 5.02 Å². The van der Waals surface area contributed by atoms with Gasteiger partial charge in [0.2, 0.25) is 0 Å². The van der Waals surface area contributed by atoms with E-state index in [1.165, 1.54) is 13.4 Å². The molecule has 25 heavy (non-hydrogen) atoms. The van der Waals surface area contributed by atoms with Gasteiger partial charge in [0, 0.05) is 31.2 Å². The lowest BCUT2D eigenvalue weighted by atomic mass is 10.2. The number of nitrogens with one attached hydrogen (secondary N) is 1. The minimum absolute atomic E-state index is 0.165. The minimum atomic E-state index is -0.259. The number of methoxy groups -OCH3 is 1. The standard InChI is InChI=1S/C17H18ClN3O4/c1-24-14-5-4-12(18)11-13(14)19-17(23)21-8-6-20(7-9-21)16(22)15-3-2-10-25-15/h2-5,10-11H,6-9H2,1H3,(H,19,23). The van der Waals surface area contributed by atoms with Crippen molar-refractivity contribution in [1.82, 2.24) is 9.80 Å². The molecule has 7 nitrogen and oxygen atoms in total. The number of rotatable bonds is 3. The van der Waals surface area contributed by atoms with Crippen molar-refractivity contribution < 1.29 is 18.7 Å². The van der Waals surface area contributed by atoms with Crippen molar-refractivity contribution in [1.29, 1.82) is 0 Å². The predicted molar refractivity (Wildman–Crippen MR) is 93.2 cm³/mol. The molecule has 3 amide bonds. The number of benzene rings is 1. The Morgan fingerprint density at radius 3 is 2.52 bits per heavy atom. The molecule has 8 heteroatoms. The van der Waals surface area contributed by atoms with E-state index >= 15 is 0 Å². The van der Waals surface area contributed by atoms with Gasteiger partial charge in [-0.15, -0.1) is 0 Å². The van der Waals surface area contributed by atoms with E-state index in [-0.39, 0.29) is 11.9 Å². The summed E-state index contributed by atoms with van der Waals surface area (Å²) in [6, 6.07) is 8.06. The fourth-order valence-corrected chi connectivity index (χ4v) is 2.81. The van der Waals surface area contributed by atoms with Crippen molar-refractivity contribution in [2.75, 3.05) is 38.6 Å². The second-order valence-corrected chi connectivity index (χ2v) is 5.97. The Bertz CT molecular complexity index is 755. The number of carbonyl (C=O) groups is 2. The summed E-state index contributed by atoms with van der Waals surface area (Å²) in [5.41, 5.74) is 0.508. The third-order valence-electron chi connectivity index (χ3n) is 3.99. The van der Waals surface area contributed by atoms with E-state index in [4.69, 9.17) is 20.8 Å². The van der Waals surface area contributed by atoms with E-state index in [0.29, 0.717) is 48.4 Å². The largest absolute Gasteiger partial charge is 0.495 e. The molecule has 132 valence electrons. The Balaban J connectivity index is 1.59. The SMILES string of the molecule is COc1ccc(Cl)cc1NC(=O)N1CCN(C(=O)c2ccco2)CC1. The number of amides is 3. The molecule has 0 saturated carbocycles. The van der Waals surface area contributed by atoms with Crippen LogP contribution in [0.15, 0.2) is 41.0 Å². The quantitative estimate of drug-likeness (QED) is 0.909. The number of halogens is 1. The maximum absolute atomic E-state index is 12.4. The van der Waals surface area contributed by atoms with Crippen LogP contribution in [0.5, 0.6) is 5.75 Å². The summed E-state index contributed by atoms with van der Waals surface area (Å²) in [6.45, 7) is 1.75. The Kier molecular flexibility index (Phi) is 5.14. The van der Waals surface area contributed by atoms with Crippen molar-refractivity contribution in [3.05, 3.63) is 47.4 Å². The van der Waals surface area contributed by atoms with Gasteiger partial charge in [-0.25, -0.2) is 4.79 Å². The number of nitrogens with zero attached hydrogens (tertiary/aromatic N) is 2. The molecule has 0 bridgehead atoms. The monoisotopic (exact) mass is 363 g/mol. The summed E-state index contributed by atoms with van der Waals surface area (Å²) in [6.07, 6.45) is 1.47. The molecule has 0 spiro atoms. The molecule has 1 saturated heterocycles. The van der Waals surface area contributed by atoms with Crippen LogP contribution in [-0.4, -0.2) is 55.0 Å². The molecule has 2 heterocycles. The van der Waals surface area contributed by atoms with E-state index in [1.807, 2.05) is 0 Å². The van der Waals surface area contributed by atoms with Crippen molar-refractivity contribution >= 4 is 29.2 Å². The number of carbonyl (C=O) groups excluding carboxylic acids is 2. The van der Waals surface area contributed by atoms with E-state index in [2.05, 4.69) is 5.32 Å². The zero-order valence-electron chi connectivity index (χ0n) is 13.7. The van der Waals surface area contributed by atoms with Gasteiger partial charge >= 0.3 is 6.03 Å². The maximum atomic E-state index is 12.4.